The van der Waals surface area contributed by atoms with Gasteiger partial charge in [0.25, 0.3) is 0 Å². The molecule has 0 radical (unpaired) electrons. The summed E-state index contributed by atoms with van der Waals surface area (Å²) in [5.74, 6) is -6.80. The molecule has 41 nitrogen and oxygen atoms in total. The molecule has 0 bridgehead atoms. The Morgan fingerprint density at radius 1 is 0.340 bits per heavy atom. The Bertz CT molecular complexity index is 3850. The zero-order valence-corrected chi connectivity index (χ0v) is 92.1. The molecular formula is C106H202N26O15. The van der Waals surface area contributed by atoms with Gasteiger partial charge in [-0.05, 0) is 206 Å². The summed E-state index contributed by atoms with van der Waals surface area (Å²) in [5.41, 5.74) is 50.0. The predicted octanol–water partition coefficient (Wildman–Crippen LogP) is 7.09. The number of nitrogens with two attached hydrogens (primary N) is 9. The summed E-state index contributed by atoms with van der Waals surface area (Å²) >= 11 is 0. The number of carbonyl (C=O) groups is 15. The van der Waals surface area contributed by atoms with Gasteiger partial charge in [0.2, 0.25) is 82.7 Å². The van der Waals surface area contributed by atoms with Gasteiger partial charge in [-0.1, -0.05) is 222 Å². The quantitative estimate of drug-likeness (QED) is 0.0164. The maximum absolute atomic E-state index is 14.3. The zero-order valence-electron chi connectivity index (χ0n) is 92.1. The molecule has 2 fully saturated rings. The molecule has 2 saturated heterocycles. The van der Waals surface area contributed by atoms with Crippen molar-refractivity contribution in [3.8, 4) is 0 Å². The lowest BCUT2D eigenvalue weighted by Crippen LogP contribution is -2.59. The molecule has 0 spiro atoms. The Labute approximate surface area is 879 Å². The summed E-state index contributed by atoms with van der Waals surface area (Å²) in [6, 6.07) is -10.8. The average molecular weight is 2080 g/mol. The number of amides is 14. The lowest BCUT2D eigenvalue weighted by atomic mass is 9.97. The number of nitrogens with one attached hydrogen (secondary N) is 12. The highest BCUT2D eigenvalue weighted by molar-refractivity contribution is 5.99. The monoisotopic (exact) mass is 2080 g/mol. The largest absolute Gasteiger partial charge is 0.370 e. The molecule has 0 aliphatic carbocycles. The number of unbranched alkanes of at least 4 members (excludes halogenated alkanes) is 29. The zero-order chi connectivity index (χ0) is 110. The second-order valence-electron chi connectivity index (χ2n) is 41.0. The first kappa shape index (κ1) is 135. The molecule has 41 heteroatoms. The molecule has 2 heterocycles. The van der Waals surface area contributed by atoms with Crippen LogP contribution in [0.3, 0.4) is 0 Å². The number of guanidine groups is 3. The molecule has 14 amide bonds. The van der Waals surface area contributed by atoms with E-state index >= 15 is 0 Å². The van der Waals surface area contributed by atoms with Gasteiger partial charge in [-0.15, -0.1) is 0 Å². The van der Waals surface area contributed by atoms with Crippen LogP contribution < -0.4 is 115 Å². The van der Waals surface area contributed by atoms with E-state index in [9.17, 15) is 71.9 Å². The molecule has 0 saturated carbocycles. The number of carbonyl (C=O) groups excluding carboxylic acids is 15. The van der Waals surface area contributed by atoms with E-state index in [2.05, 4.69) is 92.6 Å². The van der Waals surface area contributed by atoms with E-state index in [0.717, 1.165) is 38.5 Å². The van der Waals surface area contributed by atoms with E-state index in [4.69, 9.17) is 51.6 Å². The van der Waals surface area contributed by atoms with Crippen LogP contribution in [0, 0.1) is 17.8 Å². The fourth-order valence-corrected chi connectivity index (χ4v) is 18.2. The van der Waals surface area contributed by atoms with Crippen molar-refractivity contribution in [1.82, 2.24) is 73.6 Å². The fourth-order valence-electron chi connectivity index (χ4n) is 18.2. The summed E-state index contributed by atoms with van der Waals surface area (Å²) in [7, 11) is 1.66. The number of hydrogen-bond acceptors (Lipinski definition) is 21. The topological polar surface area (TPSA) is 678 Å². The number of Topliss-reactive ketones (excluding diaryl/α,β-unsaturated/α-hetero) is 1. The Morgan fingerprint density at radius 2 is 0.701 bits per heavy atom. The standard InChI is InChI=1S/C75H146N16O9.C31H56N10O6/c1-6-9-11-13-15-17-19-21-23-25-27-29-32-49-65(93)82-54-41-37-46-62(86-66(94)50-33-30-28-26-24-22-20-18-16-14-12-10-7-2)70(97)89-63(45-36-39-53-77)72(99)88-61(44-35-38-52-76)69(96)83-55-40-31-34-51-67(95)91-68(58(4)8-3)73(100)90-64(48-43-57-85-75(80)81)71(98)87-60(59(5)92)47-42-56-84-74(78)79;1-17(2)16-21(25(32)42)39-27(44)22-11-8-14-40(22)30(47)23-12-9-15-41(23)29(46)20(10-7-13-36-31(33)34)38-26(43)19(5)37-28(45)24(35-6)18(3)4/h58,60-64,68H,6-57,76-77H2,1-5H3,(H,82,93)(H,83,96)(H,86,94)(H,87,98)(H,88,99)(H,89,97)(H,90,100)(H,91,95)(H4,78,79,84)(H4,80,81,85);17-24,35H,7-16H2,1-6H3,(H2,32,42)(H,37,45)(H,38,43)(H,39,44)(H4,33,34,36)/t58?,60-,61-,62-,63-,64-,68-;19-,20-,21-,22?,23?,24-/m00/s1. The third-order valence-corrected chi connectivity index (χ3v) is 27.2. The molecule has 846 valence electrons. The van der Waals surface area contributed by atoms with Crippen molar-refractivity contribution in [2.45, 2.75) is 482 Å². The molecule has 3 unspecified atom stereocenters. The Balaban J connectivity index is 0.00000190. The number of hydrogen-bond donors (Lipinski definition) is 21. The van der Waals surface area contributed by atoms with E-state index in [0.29, 0.717) is 174 Å². The number of ketones is 1. The van der Waals surface area contributed by atoms with Gasteiger partial charge >= 0.3 is 0 Å². The maximum atomic E-state index is 14.3. The van der Waals surface area contributed by atoms with Crippen molar-refractivity contribution in [3.63, 3.8) is 0 Å². The molecule has 147 heavy (non-hydrogen) atoms. The van der Waals surface area contributed by atoms with Crippen molar-refractivity contribution >= 4 is 106 Å². The second-order valence-corrected chi connectivity index (χ2v) is 41.0. The van der Waals surface area contributed by atoms with E-state index in [1.165, 1.54) is 146 Å². The van der Waals surface area contributed by atoms with Crippen molar-refractivity contribution < 1.29 is 71.9 Å². The van der Waals surface area contributed by atoms with E-state index in [1.54, 1.807) is 7.05 Å². The highest BCUT2D eigenvalue weighted by Gasteiger charge is 2.45. The van der Waals surface area contributed by atoms with Gasteiger partial charge in [0.05, 0.1) is 12.1 Å². The van der Waals surface area contributed by atoms with Gasteiger partial charge in [-0.25, -0.2) is 0 Å². The van der Waals surface area contributed by atoms with Gasteiger partial charge in [0.1, 0.15) is 60.4 Å². The van der Waals surface area contributed by atoms with Gasteiger partial charge < -0.3 is 125 Å². The van der Waals surface area contributed by atoms with Gasteiger partial charge in [-0.2, -0.15) is 0 Å². The minimum Gasteiger partial charge on any atom is -0.370 e. The SMILES string of the molecule is CCCCCCCCCCCCCCCC(=O)NCCCC[C@H](NC(=O)CCCCCCCCCCCCCCC)C(=O)N[C@@H](CCCCN)C(=O)N[C@@H](CCCCN)C(=O)NCCCCCC(=O)N[C@H](C(=O)N[C@@H](CCCN=C(N)N)C(=O)N[C@@H](CCCN=C(N)N)C(C)=O)C(C)CC.CN[C@H](C(=O)N[C@@H](C)C(=O)N[C@@H](CCCN=C(N)N)C(=O)N1CCCC1C(=O)N1CCCC1C(=O)N[C@@H](CC(C)C)C(N)=O)C(C)C. The first-order valence-electron chi connectivity index (χ1n) is 56.2. The van der Waals surface area contributed by atoms with Crippen LogP contribution in [0.4, 0.5) is 0 Å². The summed E-state index contributed by atoms with van der Waals surface area (Å²) in [4.78, 5) is 216. The molecule has 0 aromatic heterocycles. The van der Waals surface area contributed by atoms with E-state index in [1.807, 2.05) is 41.5 Å². The molecule has 0 aromatic rings. The van der Waals surface area contributed by atoms with Crippen LogP contribution in [0.1, 0.15) is 410 Å². The predicted molar refractivity (Wildman–Crippen MR) is 583 cm³/mol. The number of nitrogens with zero attached hydrogens (tertiary/aromatic N) is 5. The summed E-state index contributed by atoms with van der Waals surface area (Å²) in [6.07, 6.45) is 42.6. The first-order chi connectivity index (χ1) is 70.3. The lowest BCUT2D eigenvalue weighted by Gasteiger charge is -2.33. The molecule has 2 rings (SSSR count). The van der Waals surface area contributed by atoms with Crippen LogP contribution in [-0.2, 0) is 71.9 Å². The number of aliphatic imine (C=N–C) groups is 3. The fraction of sp³-hybridized carbons (Fsp3) is 0.830. The number of likely N-dealkylation sites (tertiary alicyclic amines) is 2. The Kier molecular flexibility index (Phi) is 76.9. The molecule has 13 atom stereocenters. The minimum atomic E-state index is -1.09. The van der Waals surface area contributed by atoms with E-state index in [-0.39, 0.29) is 136 Å². The van der Waals surface area contributed by atoms with Crippen LogP contribution in [0.2, 0.25) is 0 Å². The van der Waals surface area contributed by atoms with Crippen LogP contribution in [0.15, 0.2) is 15.0 Å². The molecule has 30 N–H and O–H groups in total. The Hall–Kier alpha value is -10.1. The van der Waals surface area contributed by atoms with Gasteiger partial charge in [0.15, 0.2) is 23.7 Å². The average Bonchev–Trinajstić information content (AvgIpc) is 1.64. The first-order valence-corrected chi connectivity index (χ1v) is 56.2. The van der Waals surface area contributed by atoms with Crippen LogP contribution in [-0.4, -0.2) is 255 Å². The lowest BCUT2D eigenvalue weighted by molar-refractivity contribution is -0.148. The third kappa shape index (κ3) is 63.5. The maximum Gasteiger partial charge on any atom is 0.246 e. The summed E-state index contributed by atoms with van der Waals surface area (Å²) < 4.78 is 0. The second kappa shape index (κ2) is 83.7. The van der Waals surface area contributed by atoms with Crippen molar-refractivity contribution in [3.05, 3.63) is 0 Å². The number of primary amides is 1. The van der Waals surface area contributed by atoms with Crippen LogP contribution in [0.25, 0.3) is 0 Å². The normalized spacial score (nSPS) is 15.5. The van der Waals surface area contributed by atoms with Crippen LogP contribution in [0.5, 0.6) is 0 Å². The molecule has 2 aliphatic rings. The highest BCUT2D eigenvalue weighted by atomic mass is 16.2. The van der Waals surface area contributed by atoms with Gasteiger partial charge in [-0.3, -0.25) is 86.9 Å². The highest BCUT2D eigenvalue weighted by Crippen LogP contribution is 2.28. The van der Waals surface area contributed by atoms with Gasteiger partial charge in [0, 0.05) is 65.1 Å². The summed E-state index contributed by atoms with van der Waals surface area (Å²) in [6.45, 7) is 21.4. The number of rotatable bonds is 86. The molecular weight excluding hydrogens is 1880 g/mol. The summed E-state index contributed by atoms with van der Waals surface area (Å²) in [5, 5.41) is 34.4. The molecule has 0 aromatic carbocycles. The van der Waals surface area contributed by atoms with Crippen molar-refractivity contribution in [1.29, 1.82) is 0 Å². The smallest absolute Gasteiger partial charge is 0.246 e. The van der Waals surface area contributed by atoms with E-state index < -0.39 is 126 Å². The minimum absolute atomic E-state index is 0.0172. The Morgan fingerprint density at radius 3 is 1.13 bits per heavy atom. The third-order valence-electron chi connectivity index (χ3n) is 27.2. The number of likely N-dealkylation sites (N-methyl/N-ethyl adjacent to an activating group) is 1. The molecule has 2 aliphatic heterocycles. The van der Waals surface area contributed by atoms with Crippen molar-refractivity contribution in [2.75, 3.05) is 66.0 Å². The van der Waals surface area contributed by atoms with Crippen molar-refractivity contribution in [2.24, 2.45) is 84.3 Å². The van der Waals surface area contributed by atoms with Crippen LogP contribution >= 0.6 is 0 Å².